The fourth-order valence-electron chi connectivity index (χ4n) is 2.13. The van der Waals surface area contributed by atoms with E-state index in [9.17, 15) is 0 Å². The third-order valence-electron chi connectivity index (χ3n) is 3.24. The number of nitriles is 1. The Morgan fingerprint density at radius 1 is 1.12 bits per heavy atom. The highest BCUT2D eigenvalue weighted by Gasteiger charge is 2.13. The van der Waals surface area contributed by atoms with Gasteiger partial charge >= 0.3 is 0 Å². The van der Waals surface area contributed by atoms with Crippen LogP contribution in [0.15, 0.2) is 51.5 Å². The first kappa shape index (κ1) is 16.2. The minimum absolute atomic E-state index is 0.0975. The van der Waals surface area contributed by atoms with Gasteiger partial charge in [0, 0.05) is 11.1 Å². The van der Waals surface area contributed by atoms with E-state index in [2.05, 4.69) is 32.1 Å². The van der Waals surface area contributed by atoms with E-state index >= 15 is 0 Å². The summed E-state index contributed by atoms with van der Waals surface area (Å²) in [6, 6.07) is 14.7. The molecule has 3 rings (SSSR count). The van der Waals surface area contributed by atoms with Gasteiger partial charge < -0.3 is 9.26 Å². The molecular formula is C18H14BrN3O2. The van der Waals surface area contributed by atoms with E-state index in [1.807, 2.05) is 32.0 Å². The molecule has 0 saturated carbocycles. The van der Waals surface area contributed by atoms with Crippen molar-refractivity contribution < 1.29 is 9.26 Å². The topological polar surface area (TPSA) is 71.9 Å². The van der Waals surface area contributed by atoms with Crippen LogP contribution in [-0.2, 0) is 0 Å². The molecule has 3 aromatic rings. The van der Waals surface area contributed by atoms with Crippen molar-refractivity contribution in [3.63, 3.8) is 0 Å². The molecular weight excluding hydrogens is 370 g/mol. The van der Waals surface area contributed by atoms with Crippen molar-refractivity contribution in [1.82, 2.24) is 10.1 Å². The van der Waals surface area contributed by atoms with Gasteiger partial charge in [0.1, 0.15) is 5.75 Å². The van der Waals surface area contributed by atoms with E-state index in [1.165, 1.54) is 0 Å². The van der Waals surface area contributed by atoms with Gasteiger partial charge in [0.05, 0.1) is 22.2 Å². The van der Waals surface area contributed by atoms with E-state index in [4.69, 9.17) is 14.5 Å². The van der Waals surface area contributed by atoms with Crippen LogP contribution in [0.25, 0.3) is 22.8 Å². The molecule has 1 heterocycles. The van der Waals surface area contributed by atoms with Gasteiger partial charge in [-0.3, -0.25) is 0 Å². The Labute approximate surface area is 148 Å². The third-order valence-corrected chi connectivity index (χ3v) is 3.86. The Kier molecular flexibility index (Phi) is 4.63. The van der Waals surface area contributed by atoms with Crippen LogP contribution in [0.2, 0.25) is 0 Å². The molecule has 0 aliphatic carbocycles. The van der Waals surface area contributed by atoms with Crippen LogP contribution >= 0.6 is 15.9 Å². The molecule has 0 aliphatic rings. The molecule has 0 unspecified atom stereocenters. The molecule has 5 nitrogen and oxygen atoms in total. The predicted octanol–water partition coefficient (Wildman–Crippen LogP) is 4.82. The van der Waals surface area contributed by atoms with Gasteiger partial charge in [-0.25, -0.2) is 0 Å². The fourth-order valence-corrected chi connectivity index (χ4v) is 2.61. The Morgan fingerprint density at radius 3 is 2.46 bits per heavy atom. The standard InChI is InChI=1S/C18H14BrN3O2/c1-11(2)23-16-8-7-14(9-15(16)19)17-21-18(24-22-17)13-5-3-12(10-20)4-6-13/h3-9,11H,1-2H3. The maximum absolute atomic E-state index is 8.84. The van der Waals surface area contributed by atoms with Crippen molar-refractivity contribution in [1.29, 1.82) is 5.26 Å². The summed E-state index contributed by atoms with van der Waals surface area (Å²) < 4.78 is 11.8. The summed E-state index contributed by atoms with van der Waals surface area (Å²) in [4.78, 5) is 4.42. The van der Waals surface area contributed by atoms with Crippen molar-refractivity contribution in [2.24, 2.45) is 0 Å². The van der Waals surface area contributed by atoms with Crippen molar-refractivity contribution in [2.45, 2.75) is 20.0 Å². The molecule has 0 N–H and O–H groups in total. The Morgan fingerprint density at radius 2 is 1.83 bits per heavy atom. The summed E-state index contributed by atoms with van der Waals surface area (Å²) >= 11 is 3.50. The van der Waals surface area contributed by atoms with Crippen molar-refractivity contribution >= 4 is 15.9 Å². The van der Waals surface area contributed by atoms with Crippen LogP contribution < -0.4 is 4.74 Å². The average Bonchev–Trinajstić information content (AvgIpc) is 3.06. The van der Waals surface area contributed by atoms with E-state index < -0.39 is 0 Å². The predicted molar refractivity (Wildman–Crippen MR) is 93.3 cm³/mol. The van der Waals surface area contributed by atoms with E-state index in [0.29, 0.717) is 17.3 Å². The Balaban J connectivity index is 1.87. The smallest absolute Gasteiger partial charge is 0.258 e. The lowest BCUT2D eigenvalue weighted by Gasteiger charge is -2.11. The molecule has 2 aromatic carbocycles. The van der Waals surface area contributed by atoms with Crippen LogP contribution in [-0.4, -0.2) is 16.2 Å². The lowest BCUT2D eigenvalue weighted by molar-refractivity contribution is 0.241. The lowest BCUT2D eigenvalue weighted by atomic mass is 10.1. The summed E-state index contributed by atoms with van der Waals surface area (Å²) in [6.07, 6.45) is 0.0975. The lowest BCUT2D eigenvalue weighted by Crippen LogP contribution is -2.05. The molecule has 1 aromatic heterocycles. The summed E-state index contributed by atoms with van der Waals surface area (Å²) in [6.45, 7) is 3.95. The minimum Gasteiger partial charge on any atom is -0.490 e. The second-order valence-electron chi connectivity index (χ2n) is 5.42. The monoisotopic (exact) mass is 383 g/mol. The Hall–Kier alpha value is -2.65. The second kappa shape index (κ2) is 6.85. The molecule has 0 spiro atoms. The van der Waals surface area contributed by atoms with E-state index in [0.717, 1.165) is 21.3 Å². The zero-order valence-corrected chi connectivity index (χ0v) is 14.7. The van der Waals surface area contributed by atoms with Gasteiger partial charge in [-0.05, 0) is 72.2 Å². The molecule has 0 bridgehead atoms. The molecule has 0 saturated heterocycles. The second-order valence-corrected chi connectivity index (χ2v) is 6.28. The van der Waals surface area contributed by atoms with Gasteiger partial charge in [-0.15, -0.1) is 0 Å². The highest BCUT2D eigenvalue weighted by Crippen LogP contribution is 2.31. The molecule has 0 aliphatic heterocycles. The number of halogens is 1. The van der Waals surface area contributed by atoms with Gasteiger partial charge in [-0.2, -0.15) is 10.2 Å². The number of aromatic nitrogens is 2. The minimum atomic E-state index is 0.0975. The summed E-state index contributed by atoms with van der Waals surface area (Å²) in [5.74, 6) is 1.67. The van der Waals surface area contributed by atoms with Crippen molar-refractivity contribution in [3.8, 4) is 34.7 Å². The largest absolute Gasteiger partial charge is 0.490 e. The average molecular weight is 384 g/mol. The SMILES string of the molecule is CC(C)Oc1ccc(-c2noc(-c3ccc(C#N)cc3)n2)cc1Br. The molecule has 0 amide bonds. The normalized spacial score (nSPS) is 10.6. The quantitative estimate of drug-likeness (QED) is 0.645. The van der Waals surface area contributed by atoms with Crippen LogP contribution in [0.3, 0.4) is 0 Å². The summed E-state index contributed by atoms with van der Waals surface area (Å²) in [7, 11) is 0. The Bertz CT molecular complexity index is 895. The first-order valence-electron chi connectivity index (χ1n) is 7.37. The van der Waals surface area contributed by atoms with Crippen molar-refractivity contribution in [3.05, 3.63) is 52.5 Å². The van der Waals surface area contributed by atoms with Gasteiger partial charge in [-0.1, -0.05) is 5.16 Å². The maximum atomic E-state index is 8.84. The number of ether oxygens (including phenoxy) is 1. The fraction of sp³-hybridized carbons (Fsp3) is 0.167. The van der Waals surface area contributed by atoms with E-state index in [1.54, 1.807) is 24.3 Å². The molecule has 0 atom stereocenters. The zero-order chi connectivity index (χ0) is 17.1. The molecule has 0 radical (unpaired) electrons. The van der Waals surface area contributed by atoms with Gasteiger partial charge in [0.2, 0.25) is 5.82 Å². The van der Waals surface area contributed by atoms with Crippen LogP contribution in [0.4, 0.5) is 0 Å². The number of rotatable bonds is 4. The number of hydrogen-bond donors (Lipinski definition) is 0. The molecule has 0 fully saturated rings. The maximum Gasteiger partial charge on any atom is 0.258 e. The van der Waals surface area contributed by atoms with Crippen molar-refractivity contribution in [2.75, 3.05) is 0 Å². The molecule has 120 valence electrons. The number of benzene rings is 2. The van der Waals surface area contributed by atoms with Crippen LogP contribution in [0.5, 0.6) is 5.75 Å². The van der Waals surface area contributed by atoms with Crippen LogP contribution in [0.1, 0.15) is 19.4 Å². The van der Waals surface area contributed by atoms with Gasteiger partial charge in [0.25, 0.3) is 5.89 Å². The first-order chi connectivity index (χ1) is 11.6. The zero-order valence-electron chi connectivity index (χ0n) is 13.2. The van der Waals surface area contributed by atoms with Crippen LogP contribution in [0, 0.1) is 11.3 Å². The number of hydrogen-bond acceptors (Lipinski definition) is 5. The van der Waals surface area contributed by atoms with Gasteiger partial charge in [0.15, 0.2) is 0 Å². The third kappa shape index (κ3) is 3.47. The number of nitrogens with zero attached hydrogens (tertiary/aromatic N) is 3. The molecule has 24 heavy (non-hydrogen) atoms. The van der Waals surface area contributed by atoms with E-state index in [-0.39, 0.29) is 6.10 Å². The highest BCUT2D eigenvalue weighted by atomic mass is 79.9. The summed E-state index contributed by atoms with van der Waals surface area (Å²) in [5, 5.41) is 12.9. The first-order valence-corrected chi connectivity index (χ1v) is 8.17. The molecule has 6 heteroatoms. The highest BCUT2D eigenvalue weighted by molar-refractivity contribution is 9.10. The summed E-state index contributed by atoms with van der Waals surface area (Å²) in [5.41, 5.74) is 2.18.